The third kappa shape index (κ3) is 3.40. The first-order valence-corrected chi connectivity index (χ1v) is 7.07. The Morgan fingerprint density at radius 1 is 1.15 bits per heavy atom. The van der Waals surface area contributed by atoms with E-state index < -0.39 is 0 Å². The molecule has 0 saturated heterocycles. The fraction of sp³-hybridized carbons (Fsp3) is 0.235. The van der Waals surface area contributed by atoms with Crippen LogP contribution in [0.15, 0.2) is 48.5 Å². The van der Waals surface area contributed by atoms with Gasteiger partial charge in [0.1, 0.15) is 0 Å². The van der Waals surface area contributed by atoms with Crippen LogP contribution in [0, 0.1) is 0 Å². The van der Waals surface area contributed by atoms with Gasteiger partial charge in [0.25, 0.3) is 0 Å². The monoisotopic (exact) mass is 287 g/mol. The summed E-state index contributed by atoms with van der Waals surface area (Å²) in [6.45, 7) is 2.60. The van der Waals surface area contributed by atoms with Crippen molar-refractivity contribution in [3.63, 3.8) is 0 Å². The molecule has 2 aromatic rings. The molecule has 0 spiro atoms. The van der Waals surface area contributed by atoms with Gasteiger partial charge in [0.15, 0.2) is 5.78 Å². The second-order valence-electron chi connectivity index (χ2n) is 4.78. The van der Waals surface area contributed by atoms with Gasteiger partial charge in [-0.05, 0) is 29.8 Å². The van der Waals surface area contributed by atoms with Gasteiger partial charge in [-0.1, -0.05) is 42.8 Å². The summed E-state index contributed by atoms with van der Waals surface area (Å²) in [6.07, 6.45) is 0.516. The minimum absolute atomic E-state index is 0.165. The molecular weight excluding hydrogens is 270 g/mol. The molecule has 0 unspecified atom stereocenters. The van der Waals surface area contributed by atoms with E-state index in [1.807, 2.05) is 62.5 Å². The van der Waals surface area contributed by atoms with E-state index in [-0.39, 0.29) is 5.78 Å². The highest BCUT2D eigenvalue weighted by Gasteiger charge is 2.12. The fourth-order valence-electron chi connectivity index (χ4n) is 2.23. The lowest BCUT2D eigenvalue weighted by Gasteiger charge is -2.22. The van der Waals surface area contributed by atoms with E-state index in [9.17, 15) is 4.79 Å². The van der Waals surface area contributed by atoms with Gasteiger partial charge in [0, 0.05) is 36.3 Å². The molecule has 0 aliphatic carbocycles. The van der Waals surface area contributed by atoms with Gasteiger partial charge in [0.05, 0.1) is 0 Å². The highest BCUT2D eigenvalue weighted by atomic mass is 35.5. The fourth-order valence-corrected chi connectivity index (χ4v) is 2.44. The Bertz CT molecular complexity index is 609. The van der Waals surface area contributed by atoms with E-state index in [0.717, 1.165) is 21.8 Å². The summed E-state index contributed by atoms with van der Waals surface area (Å²) in [5, 5.41) is 0.730. The Balaban J connectivity index is 2.25. The van der Waals surface area contributed by atoms with Crippen LogP contribution < -0.4 is 4.90 Å². The molecule has 104 valence electrons. The third-order valence-corrected chi connectivity index (χ3v) is 3.48. The van der Waals surface area contributed by atoms with Crippen molar-refractivity contribution in [1.82, 2.24) is 0 Å². The maximum absolute atomic E-state index is 12.0. The maximum Gasteiger partial charge on any atom is 0.164 e. The van der Waals surface area contributed by atoms with Crippen molar-refractivity contribution in [3.05, 3.63) is 64.7 Å². The van der Waals surface area contributed by atoms with Crippen molar-refractivity contribution in [2.24, 2.45) is 0 Å². The van der Waals surface area contributed by atoms with Gasteiger partial charge in [0.2, 0.25) is 0 Å². The van der Waals surface area contributed by atoms with Crippen molar-refractivity contribution >= 4 is 23.1 Å². The average Bonchev–Trinajstić information content (AvgIpc) is 2.46. The Kier molecular flexibility index (Phi) is 4.80. The van der Waals surface area contributed by atoms with Gasteiger partial charge >= 0.3 is 0 Å². The number of Topliss-reactive ketones (excluding diaryl/α,β-unsaturated/α-hetero) is 1. The first-order chi connectivity index (χ1) is 9.61. The smallest absolute Gasteiger partial charge is 0.164 e. The number of benzene rings is 2. The van der Waals surface area contributed by atoms with E-state index in [1.165, 1.54) is 0 Å². The van der Waals surface area contributed by atoms with Crippen LogP contribution in [0.5, 0.6) is 0 Å². The molecule has 0 amide bonds. The van der Waals surface area contributed by atoms with Gasteiger partial charge in [-0.15, -0.1) is 0 Å². The first-order valence-electron chi connectivity index (χ1n) is 6.69. The molecule has 0 radical (unpaired) electrons. The third-order valence-electron chi connectivity index (χ3n) is 3.25. The number of carbonyl (C=O) groups excluding carboxylic acids is 1. The van der Waals surface area contributed by atoms with Crippen molar-refractivity contribution < 1.29 is 4.79 Å². The van der Waals surface area contributed by atoms with E-state index in [4.69, 9.17) is 11.6 Å². The lowest BCUT2D eigenvalue weighted by Crippen LogP contribution is -2.19. The highest BCUT2D eigenvalue weighted by Crippen LogP contribution is 2.23. The normalized spacial score (nSPS) is 10.3. The zero-order valence-corrected chi connectivity index (χ0v) is 12.5. The van der Waals surface area contributed by atoms with Crippen LogP contribution in [-0.2, 0) is 6.54 Å². The zero-order chi connectivity index (χ0) is 14.5. The molecule has 0 fully saturated rings. The SMILES string of the molecule is CCC(=O)c1ccccc1N(C)Cc1cccc(Cl)c1. The zero-order valence-electron chi connectivity index (χ0n) is 11.8. The molecule has 0 aromatic heterocycles. The molecule has 3 heteroatoms. The number of halogens is 1. The minimum Gasteiger partial charge on any atom is -0.370 e. The standard InChI is InChI=1S/C17H18ClNO/c1-3-17(20)15-9-4-5-10-16(15)19(2)12-13-7-6-8-14(18)11-13/h4-11H,3,12H2,1-2H3. The van der Waals surface area contributed by atoms with E-state index in [1.54, 1.807) is 0 Å². The molecule has 0 aliphatic rings. The number of hydrogen-bond donors (Lipinski definition) is 0. The Morgan fingerprint density at radius 2 is 1.90 bits per heavy atom. The second-order valence-corrected chi connectivity index (χ2v) is 5.22. The maximum atomic E-state index is 12.0. The minimum atomic E-state index is 0.165. The number of ketones is 1. The summed E-state index contributed by atoms with van der Waals surface area (Å²) in [5.74, 6) is 0.165. The molecule has 20 heavy (non-hydrogen) atoms. The van der Waals surface area contributed by atoms with Crippen LogP contribution in [0.3, 0.4) is 0 Å². The number of anilines is 1. The molecule has 2 rings (SSSR count). The van der Waals surface area contributed by atoms with Crippen LogP contribution in [-0.4, -0.2) is 12.8 Å². The number of rotatable bonds is 5. The van der Waals surface area contributed by atoms with Crippen LogP contribution in [0.1, 0.15) is 29.3 Å². The summed E-state index contributed by atoms with van der Waals surface area (Å²) in [5.41, 5.74) is 2.86. The first kappa shape index (κ1) is 14.6. The van der Waals surface area contributed by atoms with Gasteiger partial charge in [-0.2, -0.15) is 0 Å². The van der Waals surface area contributed by atoms with E-state index in [0.29, 0.717) is 13.0 Å². The van der Waals surface area contributed by atoms with Gasteiger partial charge in [-0.25, -0.2) is 0 Å². The molecule has 0 N–H and O–H groups in total. The van der Waals surface area contributed by atoms with Crippen LogP contribution in [0.4, 0.5) is 5.69 Å². The summed E-state index contributed by atoms with van der Waals surface area (Å²) in [7, 11) is 1.99. The quantitative estimate of drug-likeness (QED) is 0.751. The predicted octanol–water partition coefficient (Wildman–Crippen LogP) is 4.57. The molecule has 0 heterocycles. The summed E-state index contributed by atoms with van der Waals surface area (Å²) < 4.78 is 0. The molecule has 0 saturated carbocycles. The molecular formula is C17H18ClNO. The summed E-state index contributed by atoms with van der Waals surface area (Å²) >= 11 is 6.01. The second kappa shape index (κ2) is 6.58. The Labute approximate surface area is 125 Å². The molecule has 2 aromatic carbocycles. The number of hydrogen-bond acceptors (Lipinski definition) is 2. The largest absolute Gasteiger partial charge is 0.370 e. The average molecular weight is 288 g/mol. The topological polar surface area (TPSA) is 20.3 Å². The van der Waals surface area contributed by atoms with Crippen molar-refractivity contribution in [2.45, 2.75) is 19.9 Å². The number of nitrogens with zero attached hydrogens (tertiary/aromatic N) is 1. The molecule has 2 nitrogen and oxygen atoms in total. The lowest BCUT2D eigenvalue weighted by molar-refractivity contribution is 0.0988. The van der Waals surface area contributed by atoms with Crippen LogP contribution in [0.2, 0.25) is 5.02 Å². The number of carbonyl (C=O) groups is 1. The van der Waals surface area contributed by atoms with Gasteiger partial charge < -0.3 is 4.90 Å². The van der Waals surface area contributed by atoms with Crippen LogP contribution >= 0.6 is 11.6 Å². The van der Waals surface area contributed by atoms with E-state index >= 15 is 0 Å². The Morgan fingerprint density at radius 3 is 2.60 bits per heavy atom. The summed E-state index contributed by atoms with van der Waals surface area (Å²) in [4.78, 5) is 14.1. The Hall–Kier alpha value is -1.80. The van der Waals surface area contributed by atoms with Crippen molar-refractivity contribution in [3.8, 4) is 0 Å². The van der Waals surface area contributed by atoms with Gasteiger partial charge in [-0.3, -0.25) is 4.79 Å². The van der Waals surface area contributed by atoms with E-state index in [2.05, 4.69) is 4.90 Å². The molecule has 0 aliphatic heterocycles. The predicted molar refractivity (Wildman–Crippen MR) is 84.6 cm³/mol. The number of para-hydroxylation sites is 1. The summed E-state index contributed by atoms with van der Waals surface area (Å²) in [6, 6.07) is 15.5. The molecule has 0 bridgehead atoms. The van der Waals surface area contributed by atoms with Crippen molar-refractivity contribution in [2.75, 3.05) is 11.9 Å². The molecule has 0 atom stereocenters. The lowest BCUT2D eigenvalue weighted by atomic mass is 10.1. The van der Waals surface area contributed by atoms with Crippen molar-refractivity contribution in [1.29, 1.82) is 0 Å². The highest BCUT2D eigenvalue weighted by molar-refractivity contribution is 6.30. The van der Waals surface area contributed by atoms with Crippen LogP contribution in [0.25, 0.3) is 0 Å².